The third-order valence-corrected chi connectivity index (χ3v) is 4.10. The van der Waals surface area contributed by atoms with Gasteiger partial charge in [0.25, 0.3) is 0 Å². The maximum Gasteiger partial charge on any atom is 0.141 e. The molecule has 0 spiro atoms. The molecule has 3 aromatic rings. The van der Waals surface area contributed by atoms with Gasteiger partial charge in [0, 0.05) is 27.7 Å². The van der Waals surface area contributed by atoms with Gasteiger partial charge in [-0.05, 0) is 44.5 Å². The van der Waals surface area contributed by atoms with Crippen LogP contribution in [0.4, 0.5) is 0 Å². The Morgan fingerprint density at radius 3 is 2.59 bits per heavy atom. The molecule has 6 heteroatoms. The summed E-state index contributed by atoms with van der Waals surface area (Å²) in [6.45, 7) is 6.17. The second-order valence-corrected chi connectivity index (χ2v) is 5.54. The molecule has 2 heterocycles. The van der Waals surface area contributed by atoms with Crippen molar-refractivity contribution in [2.75, 3.05) is 0 Å². The predicted molar refractivity (Wildman–Crippen MR) is 88.0 cm³/mol. The zero-order chi connectivity index (χ0) is 15.7. The predicted octanol–water partition coefficient (Wildman–Crippen LogP) is 3.53. The van der Waals surface area contributed by atoms with Crippen molar-refractivity contribution in [1.82, 2.24) is 19.4 Å². The second-order valence-electron chi connectivity index (χ2n) is 5.13. The minimum absolute atomic E-state index is 0.768. The first-order valence-electron chi connectivity index (χ1n) is 6.91. The van der Waals surface area contributed by atoms with Gasteiger partial charge in [0.15, 0.2) is 0 Å². The van der Waals surface area contributed by atoms with Crippen molar-refractivity contribution < 1.29 is 0 Å². The van der Waals surface area contributed by atoms with Gasteiger partial charge in [0.05, 0.1) is 6.21 Å². The van der Waals surface area contributed by atoms with E-state index in [1.54, 1.807) is 17.3 Å². The molecule has 0 atom stereocenters. The van der Waals surface area contributed by atoms with E-state index in [-0.39, 0.29) is 0 Å². The lowest BCUT2D eigenvalue weighted by Gasteiger charge is -2.13. The average molecular weight is 314 g/mol. The van der Waals surface area contributed by atoms with Gasteiger partial charge in [-0.2, -0.15) is 5.10 Å². The third kappa shape index (κ3) is 2.55. The first-order chi connectivity index (χ1) is 10.6. The SMILES string of the molecule is Cc1c(Cl)cccc1-n1c(C)cc(/C=N\n2cnnc2)c1C. The highest BCUT2D eigenvalue weighted by Crippen LogP contribution is 2.26. The summed E-state index contributed by atoms with van der Waals surface area (Å²) in [5.74, 6) is 0. The van der Waals surface area contributed by atoms with Crippen molar-refractivity contribution in [3.8, 4) is 5.69 Å². The summed E-state index contributed by atoms with van der Waals surface area (Å²) >= 11 is 6.25. The number of rotatable bonds is 3. The van der Waals surface area contributed by atoms with Crippen molar-refractivity contribution in [3.05, 3.63) is 64.5 Å². The standard InChI is InChI=1S/C16H16ClN5/c1-11-7-14(8-20-21-9-18-19-10-21)13(3)22(11)16-6-4-5-15(17)12(16)2/h4-10H,1-3H3/b20-8-. The number of aromatic nitrogens is 4. The third-order valence-electron chi connectivity index (χ3n) is 3.69. The van der Waals surface area contributed by atoms with Crippen LogP contribution in [0.15, 0.2) is 42.0 Å². The summed E-state index contributed by atoms with van der Waals surface area (Å²) in [5, 5.41) is 12.5. The number of hydrogen-bond donors (Lipinski definition) is 0. The van der Waals surface area contributed by atoms with Gasteiger partial charge in [0.1, 0.15) is 12.7 Å². The maximum atomic E-state index is 6.25. The van der Waals surface area contributed by atoms with Gasteiger partial charge in [-0.25, -0.2) is 4.68 Å². The first kappa shape index (κ1) is 14.5. The monoisotopic (exact) mass is 313 g/mol. The highest BCUT2D eigenvalue weighted by atomic mass is 35.5. The van der Waals surface area contributed by atoms with E-state index in [0.29, 0.717) is 0 Å². The largest absolute Gasteiger partial charge is 0.318 e. The fraction of sp³-hybridized carbons (Fsp3) is 0.188. The topological polar surface area (TPSA) is 48.0 Å². The summed E-state index contributed by atoms with van der Waals surface area (Å²) in [4.78, 5) is 0. The molecule has 0 saturated heterocycles. The molecule has 0 saturated carbocycles. The second kappa shape index (κ2) is 5.77. The molecular weight excluding hydrogens is 298 g/mol. The summed E-state index contributed by atoms with van der Waals surface area (Å²) in [6, 6.07) is 8.04. The van der Waals surface area contributed by atoms with Crippen molar-refractivity contribution in [2.45, 2.75) is 20.8 Å². The van der Waals surface area contributed by atoms with Crippen LogP contribution in [0.2, 0.25) is 5.02 Å². The van der Waals surface area contributed by atoms with E-state index in [2.05, 4.69) is 45.8 Å². The van der Waals surface area contributed by atoms with Crippen LogP contribution < -0.4 is 0 Å². The van der Waals surface area contributed by atoms with Gasteiger partial charge in [-0.1, -0.05) is 17.7 Å². The Morgan fingerprint density at radius 2 is 1.86 bits per heavy atom. The summed E-state index contributed by atoms with van der Waals surface area (Å²) in [5.41, 5.74) is 5.44. The molecule has 0 fully saturated rings. The van der Waals surface area contributed by atoms with Gasteiger partial charge in [-0.3, -0.25) is 0 Å². The van der Waals surface area contributed by atoms with E-state index in [1.807, 2.05) is 25.3 Å². The maximum absolute atomic E-state index is 6.25. The van der Waals surface area contributed by atoms with Crippen LogP contribution in [0.25, 0.3) is 5.69 Å². The van der Waals surface area contributed by atoms with E-state index in [4.69, 9.17) is 11.6 Å². The van der Waals surface area contributed by atoms with Crippen LogP contribution in [-0.4, -0.2) is 25.7 Å². The summed E-state index contributed by atoms with van der Waals surface area (Å²) < 4.78 is 3.76. The number of nitrogens with zero attached hydrogens (tertiary/aromatic N) is 5. The van der Waals surface area contributed by atoms with Crippen LogP contribution in [0, 0.1) is 20.8 Å². The van der Waals surface area contributed by atoms with Crippen LogP contribution in [0.1, 0.15) is 22.5 Å². The fourth-order valence-corrected chi connectivity index (χ4v) is 2.68. The van der Waals surface area contributed by atoms with E-state index < -0.39 is 0 Å². The van der Waals surface area contributed by atoms with Gasteiger partial charge in [-0.15, -0.1) is 10.2 Å². The van der Waals surface area contributed by atoms with E-state index in [1.165, 1.54) is 0 Å². The van der Waals surface area contributed by atoms with Gasteiger partial charge >= 0.3 is 0 Å². The van der Waals surface area contributed by atoms with Crippen molar-refractivity contribution in [3.63, 3.8) is 0 Å². The first-order valence-corrected chi connectivity index (χ1v) is 7.29. The Bertz CT molecular complexity index is 831. The normalized spacial score (nSPS) is 11.5. The molecule has 1 aromatic carbocycles. The van der Waals surface area contributed by atoms with Crippen molar-refractivity contribution >= 4 is 17.8 Å². The fourth-order valence-electron chi connectivity index (χ4n) is 2.51. The molecule has 0 amide bonds. The molecule has 3 rings (SSSR count). The zero-order valence-electron chi connectivity index (χ0n) is 12.7. The average Bonchev–Trinajstić information content (AvgIpc) is 3.09. The molecule has 0 bridgehead atoms. The lowest BCUT2D eigenvalue weighted by atomic mass is 10.2. The van der Waals surface area contributed by atoms with Crippen molar-refractivity contribution in [1.29, 1.82) is 0 Å². The lowest BCUT2D eigenvalue weighted by Crippen LogP contribution is -2.02. The van der Waals surface area contributed by atoms with Crippen LogP contribution in [-0.2, 0) is 0 Å². The smallest absolute Gasteiger partial charge is 0.141 e. The molecule has 0 aliphatic carbocycles. The molecule has 5 nitrogen and oxygen atoms in total. The Balaban J connectivity index is 2.05. The molecule has 0 radical (unpaired) electrons. The number of halogens is 1. The highest BCUT2D eigenvalue weighted by molar-refractivity contribution is 6.31. The van der Waals surface area contributed by atoms with Gasteiger partial charge in [0.2, 0.25) is 0 Å². The molecule has 0 unspecified atom stereocenters. The minimum Gasteiger partial charge on any atom is -0.318 e. The van der Waals surface area contributed by atoms with Crippen LogP contribution in [0.5, 0.6) is 0 Å². The quantitative estimate of drug-likeness (QED) is 0.694. The highest BCUT2D eigenvalue weighted by Gasteiger charge is 2.12. The molecule has 112 valence electrons. The van der Waals surface area contributed by atoms with E-state index in [9.17, 15) is 0 Å². The Labute approximate surface area is 133 Å². The molecule has 0 N–H and O–H groups in total. The molecular formula is C16H16ClN5. The Hall–Kier alpha value is -2.40. The Kier molecular flexibility index (Phi) is 3.81. The summed E-state index contributed by atoms with van der Waals surface area (Å²) in [7, 11) is 0. The van der Waals surface area contributed by atoms with Gasteiger partial charge < -0.3 is 4.57 Å². The summed E-state index contributed by atoms with van der Waals surface area (Å²) in [6.07, 6.45) is 4.91. The lowest BCUT2D eigenvalue weighted by molar-refractivity contribution is 0.877. The number of aryl methyl sites for hydroxylation is 1. The Morgan fingerprint density at radius 1 is 1.14 bits per heavy atom. The number of benzene rings is 1. The van der Waals surface area contributed by atoms with E-state index >= 15 is 0 Å². The number of hydrogen-bond acceptors (Lipinski definition) is 3. The van der Waals surface area contributed by atoms with E-state index in [0.717, 1.165) is 33.2 Å². The molecule has 0 aliphatic rings. The van der Waals surface area contributed by atoms with Crippen LogP contribution in [0.3, 0.4) is 0 Å². The molecule has 22 heavy (non-hydrogen) atoms. The zero-order valence-corrected chi connectivity index (χ0v) is 13.4. The molecule has 2 aromatic heterocycles. The molecule has 0 aliphatic heterocycles. The minimum atomic E-state index is 0.768. The van der Waals surface area contributed by atoms with Crippen LogP contribution >= 0.6 is 11.6 Å². The van der Waals surface area contributed by atoms with Crippen molar-refractivity contribution in [2.24, 2.45) is 5.10 Å².